The van der Waals surface area contributed by atoms with Crippen molar-refractivity contribution in [1.29, 1.82) is 0 Å². The van der Waals surface area contributed by atoms with E-state index in [4.69, 9.17) is 4.42 Å². The van der Waals surface area contributed by atoms with Gasteiger partial charge in [0, 0.05) is 23.0 Å². The van der Waals surface area contributed by atoms with Gasteiger partial charge in [0.25, 0.3) is 5.89 Å². The molecule has 148 valence electrons. The Bertz CT molecular complexity index is 1160. The molecule has 29 heavy (non-hydrogen) atoms. The van der Waals surface area contributed by atoms with Crippen LogP contribution in [-0.4, -0.2) is 20.7 Å². The van der Waals surface area contributed by atoms with E-state index in [1.165, 1.54) is 0 Å². The van der Waals surface area contributed by atoms with Gasteiger partial charge in [-0.1, -0.05) is 44.2 Å². The molecule has 4 rings (SSSR count). The first-order chi connectivity index (χ1) is 14.0. The largest absolute Gasteiger partial charge is 0.419 e. The van der Waals surface area contributed by atoms with Crippen LogP contribution in [0.3, 0.4) is 0 Å². The number of anilines is 1. The zero-order chi connectivity index (χ0) is 20.4. The predicted octanol–water partition coefficient (Wildman–Crippen LogP) is 4.84. The number of fused-ring (bicyclic) bond motifs is 1. The molecule has 1 amide bonds. The van der Waals surface area contributed by atoms with E-state index in [1.807, 2.05) is 66.1 Å². The van der Waals surface area contributed by atoms with Gasteiger partial charge in [-0.25, -0.2) is 0 Å². The van der Waals surface area contributed by atoms with Gasteiger partial charge in [0.15, 0.2) is 0 Å². The van der Waals surface area contributed by atoms with Crippen LogP contribution in [0.2, 0.25) is 0 Å². The standard InChI is InChI=1S/C23H24N4O2/c1-15(2)11-22-25-26-23(29-22)20-13-17-8-4-5-10-19(17)27(20)14-21(28)24-18-9-6-7-16(3)12-18/h4-10,12-13,15H,11,14H2,1-3H3,(H,24,28). The number of carbonyl (C=O) groups is 1. The van der Waals surface area contributed by atoms with E-state index < -0.39 is 0 Å². The maximum Gasteiger partial charge on any atom is 0.264 e. The first-order valence-corrected chi connectivity index (χ1v) is 9.77. The summed E-state index contributed by atoms with van der Waals surface area (Å²) < 4.78 is 7.82. The van der Waals surface area contributed by atoms with Crippen LogP contribution in [0.4, 0.5) is 5.69 Å². The molecule has 4 aromatic rings. The summed E-state index contributed by atoms with van der Waals surface area (Å²) in [7, 11) is 0. The molecule has 0 saturated carbocycles. The van der Waals surface area contributed by atoms with E-state index in [-0.39, 0.29) is 12.5 Å². The highest BCUT2D eigenvalue weighted by molar-refractivity contribution is 5.93. The lowest BCUT2D eigenvalue weighted by molar-refractivity contribution is -0.116. The molecular weight excluding hydrogens is 364 g/mol. The number of benzene rings is 2. The Hall–Kier alpha value is -3.41. The Morgan fingerprint density at radius 2 is 1.93 bits per heavy atom. The third kappa shape index (κ3) is 4.21. The number of nitrogens with zero attached hydrogens (tertiary/aromatic N) is 3. The molecule has 0 atom stereocenters. The second kappa shape index (κ2) is 7.91. The van der Waals surface area contributed by atoms with E-state index in [9.17, 15) is 4.79 Å². The third-order valence-electron chi connectivity index (χ3n) is 4.68. The molecule has 0 saturated heterocycles. The van der Waals surface area contributed by atoms with Gasteiger partial charge in [-0.3, -0.25) is 4.79 Å². The fourth-order valence-electron chi connectivity index (χ4n) is 3.41. The third-order valence-corrected chi connectivity index (χ3v) is 4.68. The number of para-hydroxylation sites is 1. The van der Waals surface area contributed by atoms with Gasteiger partial charge in [0.2, 0.25) is 11.8 Å². The number of amides is 1. The monoisotopic (exact) mass is 388 g/mol. The average Bonchev–Trinajstić information content (AvgIpc) is 3.26. The number of nitrogens with one attached hydrogen (secondary N) is 1. The van der Waals surface area contributed by atoms with Crippen LogP contribution in [0.1, 0.15) is 25.3 Å². The first kappa shape index (κ1) is 18.9. The van der Waals surface area contributed by atoms with Gasteiger partial charge >= 0.3 is 0 Å². The van der Waals surface area contributed by atoms with Crippen LogP contribution in [0.25, 0.3) is 22.5 Å². The topological polar surface area (TPSA) is 73.0 Å². The van der Waals surface area contributed by atoms with Crippen molar-refractivity contribution < 1.29 is 9.21 Å². The van der Waals surface area contributed by atoms with Crippen LogP contribution in [-0.2, 0) is 17.8 Å². The van der Waals surface area contributed by atoms with Crippen molar-refractivity contribution in [3.8, 4) is 11.6 Å². The van der Waals surface area contributed by atoms with Crippen molar-refractivity contribution >= 4 is 22.5 Å². The van der Waals surface area contributed by atoms with Crippen molar-refractivity contribution in [1.82, 2.24) is 14.8 Å². The number of hydrogen-bond donors (Lipinski definition) is 1. The minimum absolute atomic E-state index is 0.111. The molecule has 0 fully saturated rings. The van der Waals surface area contributed by atoms with Crippen molar-refractivity contribution in [2.24, 2.45) is 5.92 Å². The maximum atomic E-state index is 12.8. The molecule has 0 aliphatic heterocycles. The molecule has 2 aromatic carbocycles. The number of aromatic nitrogens is 3. The number of rotatable bonds is 6. The van der Waals surface area contributed by atoms with Gasteiger partial charge in [0.05, 0.1) is 0 Å². The fraction of sp³-hybridized carbons (Fsp3) is 0.261. The number of hydrogen-bond acceptors (Lipinski definition) is 4. The molecule has 2 aromatic heterocycles. The van der Waals surface area contributed by atoms with Crippen LogP contribution in [0.15, 0.2) is 59.0 Å². The summed E-state index contributed by atoms with van der Waals surface area (Å²) in [5, 5.41) is 12.4. The quantitative estimate of drug-likeness (QED) is 0.513. The van der Waals surface area contributed by atoms with Gasteiger partial charge in [-0.15, -0.1) is 10.2 Å². The number of aryl methyl sites for hydroxylation is 1. The Labute approximate surface area is 169 Å². The van der Waals surface area contributed by atoms with Crippen molar-refractivity contribution in [3.05, 3.63) is 66.1 Å². The van der Waals surface area contributed by atoms with Crippen LogP contribution >= 0.6 is 0 Å². The molecule has 0 radical (unpaired) electrons. The molecule has 0 aliphatic rings. The van der Waals surface area contributed by atoms with Crippen molar-refractivity contribution in [2.45, 2.75) is 33.7 Å². The lowest BCUT2D eigenvalue weighted by Gasteiger charge is -2.10. The molecule has 0 bridgehead atoms. The summed E-state index contributed by atoms with van der Waals surface area (Å²) in [4.78, 5) is 12.8. The molecule has 6 heteroatoms. The van der Waals surface area contributed by atoms with Crippen LogP contribution < -0.4 is 5.32 Å². The van der Waals surface area contributed by atoms with E-state index in [0.717, 1.165) is 34.3 Å². The van der Waals surface area contributed by atoms with Gasteiger partial charge in [-0.05, 0) is 42.7 Å². The average molecular weight is 388 g/mol. The van der Waals surface area contributed by atoms with Crippen LogP contribution in [0, 0.1) is 12.8 Å². The minimum Gasteiger partial charge on any atom is -0.419 e. The van der Waals surface area contributed by atoms with Gasteiger partial charge in [-0.2, -0.15) is 0 Å². The SMILES string of the molecule is Cc1cccc(NC(=O)Cn2c(-c3nnc(CC(C)C)o3)cc3ccccc32)c1. The van der Waals surface area contributed by atoms with E-state index in [2.05, 4.69) is 29.4 Å². The summed E-state index contributed by atoms with van der Waals surface area (Å²) in [6, 6.07) is 17.7. The second-order valence-corrected chi connectivity index (χ2v) is 7.69. The Morgan fingerprint density at radius 3 is 2.72 bits per heavy atom. The predicted molar refractivity (Wildman–Crippen MR) is 114 cm³/mol. The number of carbonyl (C=O) groups excluding carboxylic acids is 1. The van der Waals surface area contributed by atoms with Crippen molar-refractivity contribution in [3.63, 3.8) is 0 Å². The van der Waals surface area contributed by atoms with E-state index >= 15 is 0 Å². The second-order valence-electron chi connectivity index (χ2n) is 7.69. The smallest absolute Gasteiger partial charge is 0.264 e. The highest BCUT2D eigenvalue weighted by Gasteiger charge is 2.18. The van der Waals surface area contributed by atoms with E-state index in [0.29, 0.717) is 17.7 Å². The van der Waals surface area contributed by atoms with Crippen molar-refractivity contribution in [2.75, 3.05) is 5.32 Å². The Morgan fingerprint density at radius 1 is 1.10 bits per heavy atom. The zero-order valence-electron chi connectivity index (χ0n) is 16.8. The highest BCUT2D eigenvalue weighted by Crippen LogP contribution is 2.28. The first-order valence-electron chi connectivity index (χ1n) is 9.77. The zero-order valence-corrected chi connectivity index (χ0v) is 16.8. The summed E-state index contributed by atoms with van der Waals surface area (Å²) >= 11 is 0. The Balaban J connectivity index is 1.66. The van der Waals surface area contributed by atoms with E-state index in [1.54, 1.807) is 0 Å². The molecule has 6 nitrogen and oxygen atoms in total. The molecule has 2 heterocycles. The lowest BCUT2D eigenvalue weighted by Crippen LogP contribution is -2.19. The molecule has 0 aliphatic carbocycles. The fourth-order valence-corrected chi connectivity index (χ4v) is 3.41. The normalized spacial score (nSPS) is 11.3. The minimum atomic E-state index is -0.111. The highest BCUT2D eigenvalue weighted by atomic mass is 16.4. The Kier molecular flexibility index (Phi) is 5.16. The molecular formula is C23H24N4O2. The van der Waals surface area contributed by atoms with Crippen LogP contribution in [0.5, 0.6) is 0 Å². The maximum absolute atomic E-state index is 12.8. The summed E-state index contributed by atoms with van der Waals surface area (Å²) in [5.41, 5.74) is 3.57. The lowest BCUT2D eigenvalue weighted by atomic mass is 10.1. The van der Waals surface area contributed by atoms with Gasteiger partial charge < -0.3 is 14.3 Å². The summed E-state index contributed by atoms with van der Waals surface area (Å²) in [6.45, 7) is 6.36. The molecule has 0 unspecified atom stereocenters. The molecule has 1 N–H and O–H groups in total. The summed E-state index contributed by atoms with van der Waals surface area (Å²) in [6.07, 6.45) is 0.723. The van der Waals surface area contributed by atoms with Gasteiger partial charge in [0.1, 0.15) is 12.2 Å². The summed E-state index contributed by atoms with van der Waals surface area (Å²) in [5.74, 6) is 1.35. The molecule has 0 spiro atoms.